The van der Waals surface area contributed by atoms with Crippen molar-refractivity contribution in [2.45, 2.75) is 6.54 Å². The number of anilines is 1. The van der Waals surface area contributed by atoms with Gasteiger partial charge in [0, 0.05) is 12.2 Å². The van der Waals surface area contributed by atoms with Crippen molar-refractivity contribution in [1.82, 2.24) is 0 Å². The van der Waals surface area contributed by atoms with Gasteiger partial charge in [-0.3, -0.25) is 0 Å². The average Bonchev–Trinajstić information content (AvgIpc) is 2.47. The summed E-state index contributed by atoms with van der Waals surface area (Å²) in [6.07, 6.45) is 1.69. The summed E-state index contributed by atoms with van der Waals surface area (Å²) in [5.41, 5.74) is 1.83. The number of rotatable bonds is 6. The van der Waals surface area contributed by atoms with E-state index in [-0.39, 0.29) is 5.02 Å². The van der Waals surface area contributed by atoms with Crippen molar-refractivity contribution in [2.24, 2.45) is 0 Å². The Morgan fingerprint density at radius 3 is 2.76 bits per heavy atom. The molecule has 5 heteroatoms. The predicted octanol–water partition coefficient (Wildman–Crippen LogP) is 5.42. The predicted molar refractivity (Wildman–Crippen MR) is 88.6 cm³/mol. The van der Waals surface area contributed by atoms with Gasteiger partial charge in [0.1, 0.15) is 18.2 Å². The average molecular weight is 371 g/mol. The van der Waals surface area contributed by atoms with E-state index >= 15 is 0 Å². The van der Waals surface area contributed by atoms with Gasteiger partial charge >= 0.3 is 0 Å². The summed E-state index contributed by atoms with van der Waals surface area (Å²) < 4.78 is 19.4. The molecule has 0 spiro atoms. The molecule has 0 bridgehead atoms. The van der Waals surface area contributed by atoms with Gasteiger partial charge in [0.05, 0.1) is 9.50 Å². The Hall–Kier alpha value is -1.52. The quantitative estimate of drug-likeness (QED) is 0.686. The van der Waals surface area contributed by atoms with Crippen LogP contribution in [0.25, 0.3) is 0 Å². The first-order valence-corrected chi connectivity index (χ1v) is 7.48. The van der Waals surface area contributed by atoms with Gasteiger partial charge in [-0.15, -0.1) is 0 Å². The highest BCUT2D eigenvalue weighted by Crippen LogP contribution is 2.27. The molecule has 0 saturated carbocycles. The molecule has 0 atom stereocenters. The second-order valence-electron chi connectivity index (χ2n) is 4.35. The van der Waals surface area contributed by atoms with Crippen molar-refractivity contribution in [2.75, 3.05) is 11.9 Å². The zero-order valence-electron chi connectivity index (χ0n) is 11.2. The Kier molecular flexibility index (Phi) is 5.65. The highest BCUT2D eigenvalue weighted by molar-refractivity contribution is 9.10. The van der Waals surface area contributed by atoms with E-state index in [1.54, 1.807) is 18.2 Å². The molecule has 2 aromatic carbocycles. The lowest BCUT2D eigenvalue weighted by Crippen LogP contribution is -2.00. The van der Waals surface area contributed by atoms with Crippen LogP contribution >= 0.6 is 27.5 Å². The first-order chi connectivity index (χ1) is 10.1. The zero-order valence-corrected chi connectivity index (χ0v) is 13.5. The minimum atomic E-state index is -0.423. The lowest BCUT2D eigenvalue weighted by atomic mass is 10.2. The van der Waals surface area contributed by atoms with E-state index < -0.39 is 5.82 Å². The van der Waals surface area contributed by atoms with Crippen LogP contribution in [0.1, 0.15) is 5.56 Å². The zero-order chi connectivity index (χ0) is 15.2. The maximum atomic E-state index is 13.1. The van der Waals surface area contributed by atoms with Crippen molar-refractivity contribution in [1.29, 1.82) is 0 Å². The van der Waals surface area contributed by atoms with Gasteiger partial charge in [-0.25, -0.2) is 4.39 Å². The summed E-state index contributed by atoms with van der Waals surface area (Å²) >= 11 is 9.21. The van der Waals surface area contributed by atoms with E-state index in [1.807, 2.05) is 18.2 Å². The minimum absolute atomic E-state index is 0.106. The fourth-order valence-corrected chi connectivity index (χ4v) is 2.45. The molecular weight excluding hydrogens is 357 g/mol. The molecule has 0 aliphatic heterocycles. The number of benzene rings is 2. The maximum Gasteiger partial charge on any atom is 0.141 e. The third-order valence-corrected chi connectivity index (χ3v) is 3.68. The van der Waals surface area contributed by atoms with E-state index in [4.69, 9.17) is 16.3 Å². The molecule has 2 nitrogen and oxygen atoms in total. The molecule has 0 saturated heterocycles. The molecule has 0 unspecified atom stereocenters. The maximum absolute atomic E-state index is 13.1. The standard InChI is InChI=1S/C16H14BrClFNO/c1-2-7-21-16-6-3-11(8-13(16)17)10-20-12-4-5-15(19)14(18)9-12/h2-6,8-9,20H,1,7,10H2. The number of ether oxygens (including phenoxy) is 1. The Morgan fingerprint density at radius 2 is 2.10 bits per heavy atom. The number of halogens is 3. The van der Waals surface area contributed by atoms with E-state index in [2.05, 4.69) is 27.8 Å². The molecule has 21 heavy (non-hydrogen) atoms. The van der Waals surface area contributed by atoms with E-state index in [0.717, 1.165) is 21.5 Å². The van der Waals surface area contributed by atoms with Crippen LogP contribution in [0.3, 0.4) is 0 Å². The van der Waals surface area contributed by atoms with Crippen LogP contribution in [0.5, 0.6) is 5.75 Å². The molecule has 0 aliphatic rings. The summed E-state index contributed by atoms with van der Waals surface area (Å²) in [5.74, 6) is 0.345. The minimum Gasteiger partial charge on any atom is -0.488 e. The SMILES string of the molecule is C=CCOc1ccc(CNc2ccc(F)c(Cl)c2)cc1Br. The third kappa shape index (κ3) is 4.48. The van der Waals surface area contributed by atoms with E-state index in [9.17, 15) is 4.39 Å². The van der Waals surface area contributed by atoms with Crippen LogP contribution in [0, 0.1) is 5.82 Å². The molecule has 2 aromatic rings. The fourth-order valence-electron chi connectivity index (χ4n) is 1.73. The van der Waals surface area contributed by atoms with Crippen LogP contribution in [0.4, 0.5) is 10.1 Å². The van der Waals surface area contributed by atoms with E-state index in [0.29, 0.717) is 13.2 Å². The van der Waals surface area contributed by atoms with Gasteiger partial charge in [-0.1, -0.05) is 30.3 Å². The Morgan fingerprint density at radius 1 is 1.29 bits per heavy atom. The van der Waals surface area contributed by atoms with Gasteiger partial charge in [0.2, 0.25) is 0 Å². The van der Waals surface area contributed by atoms with Gasteiger partial charge in [-0.05, 0) is 51.8 Å². The van der Waals surface area contributed by atoms with Crippen molar-refractivity contribution < 1.29 is 9.13 Å². The van der Waals surface area contributed by atoms with Crippen molar-refractivity contribution in [3.63, 3.8) is 0 Å². The number of hydrogen-bond acceptors (Lipinski definition) is 2. The molecule has 0 amide bonds. The highest BCUT2D eigenvalue weighted by Gasteiger charge is 2.04. The lowest BCUT2D eigenvalue weighted by molar-refractivity contribution is 0.361. The summed E-state index contributed by atoms with van der Waals surface area (Å²) in [5, 5.41) is 3.30. The first kappa shape index (κ1) is 15.9. The Balaban J connectivity index is 2.01. The summed E-state index contributed by atoms with van der Waals surface area (Å²) in [4.78, 5) is 0. The molecule has 0 radical (unpaired) electrons. The molecule has 0 heterocycles. The second-order valence-corrected chi connectivity index (χ2v) is 5.61. The largest absolute Gasteiger partial charge is 0.488 e. The van der Waals surface area contributed by atoms with Gasteiger partial charge < -0.3 is 10.1 Å². The topological polar surface area (TPSA) is 21.3 Å². The third-order valence-electron chi connectivity index (χ3n) is 2.77. The first-order valence-electron chi connectivity index (χ1n) is 6.31. The molecule has 0 aromatic heterocycles. The normalized spacial score (nSPS) is 10.2. The Bertz CT molecular complexity index is 648. The number of hydrogen-bond donors (Lipinski definition) is 1. The smallest absolute Gasteiger partial charge is 0.141 e. The van der Waals surface area contributed by atoms with E-state index in [1.165, 1.54) is 6.07 Å². The molecular formula is C16H14BrClFNO. The summed E-state index contributed by atoms with van der Waals surface area (Å²) in [7, 11) is 0. The van der Waals surface area contributed by atoms with Crippen LogP contribution in [-0.2, 0) is 6.54 Å². The van der Waals surface area contributed by atoms with Gasteiger partial charge in [-0.2, -0.15) is 0 Å². The number of nitrogens with one attached hydrogen (secondary N) is 1. The molecule has 110 valence electrons. The van der Waals surface area contributed by atoms with Gasteiger partial charge in [0.15, 0.2) is 0 Å². The van der Waals surface area contributed by atoms with Crippen molar-refractivity contribution >= 4 is 33.2 Å². The fraction of sp³-hybridized carbons (Fsp3) is 0.125. The monoisotopic (exact) mass is 369 g/mol. The summed E-state index contributed by atoms with van der Waals surface area (Å²) in [6, 6.07) is 10.4. The lowest BCUT2D eigenvalue weighted by Gasteiger charge is -2.10. The van der Waals surface area contributed by atoms with Crippen LogP contribution < -0.4 is 10.1 Å². The van der Waals surface area contributed by atoms with Crippen molar-refractivity contribution in [3.8, 4) is 5.75 Å². The molecule has 0 fully saturated rings. The van der Waals surface area contributed by atoms with Gasteiger partial charge in [0.25, 0.3) is 0 Å². The van der Waals surface area contributed by atoms with Crippen LogP contribution in [0.2, 0.25) is 5.02 Å². The second kappa shape index (κ2) is 7.48. The van der Waals surface area contributed by atoms with Crippen LogP contribution in [-0.4, -0.2) is 6.61 Å². The molecule has 1 N–H and O–H groups in total. The highest BCUT2D eigenvalue weighted by atomic mass is 79.9. The van der Waals surface area contributed by atoms with Crippen molar-refractivity contribution in [3.05, 3.63) is 69.9 Å². The molecule has 2 rings (SSSR count). The summed E-state index contributed by atoms with van der Waals surface area (Å²) in [6.45, 7) is 4.67. The Labute approximate surface area is 136 Å². The molecule has 0 aliphatic carbocycles. The van der Waals surface area contributed by atoms with Crippen LogP contribution in [0.15, 0.2) is 53.5 Å².